The number of rotatable bonds is 3. The molecule has 146 valence electrons. The quantitative estimate of drug-likeness (QED) is 0.804. The molecular formula is C18H22F3N5S. The monoisotopic (exact) mass is 397 g/mol. The fraction of sp³-hybridized carbons (Fsp3) is 0.444. The summed E-state index contributed by atoms with van der Waals surface area (Å²) in [5, 5.41) is 3.11. The van der Waals surface area contributed by atoms with Gasteiger partial charge in [-0.25, -0.2) is 4.98 Å². The summed E-state index contributed by atoms with van der Waals surface area (Å²) in [6.07, 6.45) is 0.150. The van der Waals surface area contributed by atoms with Crippen molar-refractivity contribution in [1.29, 1.82) is 0 Å². The van der Waals surface area contributed by atoms with Crippen molar-refractivity contribution in [1.82, 2.24) is 19.4 Å². The van der Waals surface area contributed by atoms with Crippen LogP contribution in [0.25, 0.3) is 0 Å². The largest absolute Gasteiger partial charge is 0.418 e. The lowest BCUT2D eigenvalue weighted by molar-refractivity contribution is -0.136. The summed E-state index contributed by atoms with van der Waals surface area (Å²) >= 11 is 5.39. The summed E-state index contributed by atoms with van der Waals surface area (Å²) < 4.78 is 41.5. The number of hydrogen-bond donors (Lipinski definition) is 1. The molecule has 1 aliphatic heterocycles. The maximum Gasteiger partial charge on any atom is 0.418 e. The maximum atomic E-state index is 13.2. The van der Waals surface area contributed by atoms with Crippen LogP contribution >= 0.6 is 12.2 Å². The first-order valence-corrected chi connectivity index (χ1v) is 9.16. The van der Waals surface area contributed by atoms with Crippen molar-refractivity contribution in [2.45, 2.75) is 19.1 Å². The van der Waals surface area contributed by atoms with Gasteiger partial charge in [-0.1, -0.05) is 12.1 Å². The first kappa shape index (κ1) is 19.6. The van der Waals surface area contributed by atoms with E-state index in [0.717, 1.165) is 37.9 Å². The molecular weight excluding hydrogens is 375 g/mol. The molecule has 1 N–H and O–H groups in total. The van der Waals surface area contributed by atoms with E-state index in [9.17, 15) is 13.2 Å². The highest BCUT2D eigenvalue weighted by atomic mass is 32.1. The molecule has 0 unspecified atom stereocenters. The summed E-state index contributed by atoms with van der Waals surface area (Å²) in [4.78, 5) is 8.56. The topological polar surface area (TPSA) is 36.3 Å². The van der Waals surface area contributed by atoms with Crippen molar-refractivity contribution in [3.63, 3.8) is 0 Å². The Morgan fingerprint density at radius 2 is 1.96 bits per heavy atom. The van der Waals surface area contributed by atoms with Gasteiger partial charge >= 0.3 is 6.18 Å². The smallest absolute Gasteiger partial charge is 0.348 e. The highest BCUT2D eigenvalue weighted by molar-refractivity contribution is 7.80. The summed E-state index contributed by atoms with van der Waals surface area (Å²) in [5.74, 6) is 0.989. The first-order chi connectivity index (χ1) is 12.8. The Balaban J connectivity index is 1.61. The van der Waals surface area contributed by atoms with Gasteiger partial charge in [0.25, 0.3) is 0 Å². The van der Waals surface area contributed by atoms with Crippen LogP contribution in [0.3, 0.4) is 0 Å². The molecule has 2 aromatic rings. The molecule has 1 aromatic carbocycles. The van der Waals surface area contributed by atoms with E-state index in [2.05, 4.69) is 15.2 Å². The van der Waals surface area contributed by atoms with Gasteiger partial charge in [-0.15, -0.1) is 0 Å². The predicted octanol–water partition coefficient (Wildman–Crippen LogP) is 3.34. The number of halogens is 3. The molecule has 1 aliphatic rings. The second-order valence-electron chi connectivity index (χ2n) is 6.54. The Bertz CT molecular complexity index is 789. The first-order valence-electron chi connectivity index (χ1n) is 8.75. The fourth-order valence-electron chi connectivity index (χ4n) is 3.11. The van der Waals surface area contributed by atoms with Crippen LogP contribution in [0, 0.1) is 0 Å². The SMILES string of the molecule is Cn1ccnc1CN1CCCN(C(=S)Nc2ccccc2C(F)(F)F)CC1. The number of para-hydroxylation sites is 1. The van der Waals surface area contributed by atoms with Crippen molar-refractivity contribution < 1.29 is 13.2 Å². The minimum absolute atomic E-state index is 0.0101. The lowest BCUT2D eigenvalue weighted by atomic mass is 10.1. The zero-order chi connectivity index (χ0) is 19.4. The van der Waals surface area contributed by atoms with E-state index in [1.165, 1.54) is 12.1 Å². The van der Waals surface area contributed by atoms with E-state index in [-0.39, 0.29) is 5.69 Å². The molecule has 1 aromatic heterocycles. The van der Waals surface area contributed by atoms with Crippen LogP contribution in [-0.4, -0.2) is 50.6 Å². The van der Waals surface area contributed by atoms with Gasteiger partial charge in [0.05, 0.1) is 17.8 Å². The molecule has 0 spiro atoms. The van der Waals surface area contributed by atoms with E-state index in [1.807, 2.05) is 22.7 Å². The summed E-state index contributed by atoms with van der Waals surface area (Å²) in [6.45, 7) is 3.77. The van der Waals surface area contributed by atoms with Crippen LogP contribution in [0.5, 0.6) is 0 Å². The molecule has 0 amide bonds. The number of alkyl halides is 3. The van der Waals surface area contributed by atoms with E-state index < -0.39 is 11.7 Å². The van der Waals surface area contributed by atoms with Gasteiger partial charge in [0, 0.05) is 45.6 Å². The van der Waals surface area contributed by atoms with Crippen molar-refractivity contribution in [3.8, 4) is 0 Å². The number of anilines is 1. The molecule has 0 bridgehead atoms. The minimum Gasteiger partial charge on any atom is -0.348 e. The maximum absolute atomic E-state index is 13.2. The van der Waals surface area contributed by atoms with E-state index >= 15 is 0 Å². The number of nitrogens with zero attached hydrogens (tertiary/aromatic N) is 4. The summed E-state index contributed by atoms with van der Waals surface area (Å²) in [6, 6.07) is 5.40. The number of imidazole rings is 1. The highest BCUT2D eigenvalue weighted by Gasteiger charge is 2.33. The molecule has 3 rings (SSSR count). The summed E-state index contributed by atoms with van der Waals surface area (Å²) in [5.41, 5.74) is -0.720. The minimum atomic E-state index is -4.42. The molecule has 0 atom stereocenters. The molecule has 0 aliphatic carbocycles. The lowest BCUT2D eigenvalue weighted by Crippen LogP contribution is -2.38. The molecule has 0 saturated carbocycles. The predicted molar refractivity (Wildman–Crippen MR) is 102 cm³/mol. The van der Waals surface area contributed by atoms with Crippen LogP contribution < -0.4 is 5.32 Å². The van der Waals surface area contributed by atoms with Gasteiger partial charge in [0.15, 0.2) is 5.11 Å². The normalized spacial score (nSPS) is 16.2. The van der Waals surface area contributed by atoms with Crippen LogP contribution in [0.2, 0.25) is 0 Å². The van der Waals surface area contributed by atoms with Gasteiger partial charge in [0.2, 0.25) is 0 Å². The molecule has 27 heavy (non-hydrogen) atoms. The number of thiocarbonyl (C=S) groups is 1. The van der Waals surface area contributed by atoms with E-state index in [4.69, 9.17) is 12.2 Å². The van der Waals surface area contributed by atoms with Crippen molar-refractivity contribution in [2.75, 3.05) is 31.5 Å². The van der Waals surface area contributed by atoms with E-state index in [1.54, 1.807) is 12.3 Å². The average Bonchev–Trinajstić information content (AvgIpc) is 2.87. The number of aryl methyl sites for hydroxylation is 1. The second kappa shape index (κ2) is 8.26. The van der Waals surface area contributed by atoms with Crippen LogP contribution in [0.4, 0.5) is 18.9 Å². The average molecular weight is 397 g/mol. The number of benzene rings is 1. The Labute approximate surface area is 161 Å². The van der Waals surface area contributed by atoms with Crippen molar-refractivity contribution in [3.05, 3.63) is 48.0 Å². The zero-order valence-electron chi connectivity index (χ0n) is 15.0. The fourth-order valence-corrected chi connectivity index (χ4v) is 3.41. The van der Waals surface area contributed by atoms with Crippen molar-refractivity contribution in [2.24, 2.45) is 7.05 Å². The molecule has 0 radical (unpaired) electrons. The number of hydrogen-bond acceptors (Lipinski definition) is 3. The Hall–Kier alpha value is -2.13. The third-order valence-corrected chi connectivity index (χ3v) is 5.00. The second-order valence-corrected chi connectivity index (χ2v) is 6.93. The molecule has 1 saturated heterocycles. The van der Waals surface area contributed by atoms with Crippen molar-refractivity contribution >= 4 is 23.0 Å². The third kappa shape index (κ3) is 4.98. The van der Waals surface area contributed by atoms with Gasteiger partial charge in [-0.2, -0.15) is 13.2 Å². The Morgan fingerprint density at radius 1 is 1.19 bits per heavy atom. The highest BCUT2D eigenvalue weighted by Crippen LogP contribution is 2.34. The van der Waals surface area contributed by atoms with Crippen LogP contribution in [0.1, 0.15) is 17.8 Å². The molecule has 1 fully saturated rings. The third-order valence-electron chi connectivity index (χ3n) is 4.64. The number of nitrogens with one attached hydrogen (secondary N) is 1. The molecule has 9 heteroatoms. The summed E-state index contributed by atoms with van der Waals surface area (Å²) in [7, 11) is 1.96. The van der Waals surface area contributed by atoms with Gasteiger partial charge < -0.3 is 14.8 Å². The molecule has 5 nitrogen and oxygen atoms in total. The van der Waals surface area contributed by atoms with E-state index in [0.29, 0.717) is 18.2 Å². The van der Waals surface area contributed by atoms with Crippen LogP contribution in [0.15, 0.2) is 36.7 Å². The standard InChI is InChI=1S/C18H22F3N5S/c1-24-10-7-22-16(24)13-25-8-4-9-26(12-11-25)17(27)23-15-6-3-2-5-14(15)18(19,20)21/h2-3,5-7,10H,4,8-9,11-13H2,1H3,(H,23,27). The van der Waals surface area contributed by atoms with Gasteiger partial charge in [-0.05, 0) is 30.8 Å². The Kier molecular flexibility index (Phi) is 6.01. The van der Waals surface area contributed by atoms with Crippen LogP contribution in [-0.2, 0) is 19.8 Å². The van der Waals surface area contributed by atoms with Gasteiger partial charge in [-0.3, -0.25) is 4.90 Å². The zero-order valence-corrected chi connectivity index (χ0v) is 15.9. The lowest BCUT2D eigenvalue weighted by Gasteiger charge is -2.25. The van der Waals surface area contributed by atoms with Gasteiger partial charge in [0.1, 0.15) is 5.82 Å². The Morgan fingerprint density at radius 3 is 2.67 bits per heavy atom. The number of aromatic nitrogens is 2. The molecule has 2 heterocycles.